The Labute approximate surface area is 143 Å². The second-order valence-corrected chi connectivity index (χ2v) is 6.79. The molecule has 1 aromatic carbocycles. The Balaban J connectivity index is 2.03. The van der Waals surface area contributed by atoms with Gasteiger partial charge in [0, 0.05) is 0 Å². The van der Waals surface area contributed by atoms with Crippen LogP contribution in [0.3, 0.4) is 0 Å². The quantitative estimate of drug-likeness (QED) is 0.447. The fraction of sp³-hybridized carbons (Fsp3) is 0.368. The summed E-state index contributed by atoms with van der Waals surface area (Å²) in [7, 11) is -0.396. The minimum absolute atomic E-state index is 0.0834. The molecule has 5 heteroatoms. The molecule has 0 unspecified atom stereocenters. The summed E-state index contributed by atoms with van der Waals surface area (Å²) in [5.41, 5.74) is 1.11. The zero-order chi connectivity index (χ0) is 18.0. The van der Waals surface area contributed by atoms with E-state index in [9.17, 15) is 4.39 Å². The number of hydrogen-bond acceptors (Lipinski definition) is 3. The Morgan fingerprint density at radius 3 is 2.17 bits per heavy atom. The highest BCUT2D eigenvalue weighted by Gasteiger charge is 2.51. The number of rotatable bonds is 6. The molecule has 0 aromatic heterocycles. The lowest BCUT2D eigenvalue weighted by molar-refractivity contribution is 0.00578. The molecule has 1 saturated heterocycles. The molecule has 0 aliphatic carbocycles. The molecule has 3 nitrogen and oxygen atoms in total. The number of benzene rings is 1. The third-order valence-corrected chi connectivity index (χ3v) is 4.44. The van der Waals surface area contributed by atoms with Gasteiger partial charge in [0.15, 0.2) is 11.6 Å². The highest BCUT2D eigenvalue weighted by molar-refractivity contribution is 6.62. The van der Waals surface area contributed by atoms with Crippen LogP contribution in [0.25, 0.3) is 0 Å². The average Bonchev–Trinajstić information content (AvgIpc) is 2.72. The summed E-state index contributed by atoms with van der Waals surface area (Å²) in [6.45, 7) is 15.1. The van der Waals surface area contributed by atoms with Crippen molar-refractivity contribution in [2.45, 2.75) is 45.5 Å². The van der Waals surface area contributed by atoms with E-state index in [1.165, 1.54) is 12.2 Å². The summed E-state index contributed by atoms with van der Waals surface area (Å²) in [6.07, 6.45) is 2.91. The van der Waals surface area contributed by atoms with Gasteiger partial charge in [-0.2, -0.15) is 0 Å². The predicted molar refractivity (Wildman–Crippen MR) is 95.5 cm³/mol. The van der Waals surface area contributed by atoms with Crippen LogP contribution in [0.1, 0.15) is 33.3 Å². The second kappa shape index (κ2) is 6.95. The van der Waals surface area contributed by atoms with Gasteiger partial charge in [-0.1, -0.05) is 43.5 Å². The summed E-state index contributed by atoms with van der Waals surface area (Å²) in [6, 6.07) is 7.68. The van der Waals surface area contributed by atoms with Crippen molar-refractivity contribution >= 4 is 12.6 Å². The zero-order valence-corrected chi connectivity index (χ0v) is 14.8. The number of hydrogen-bond donors (Lipinski definition) is 0. The molecular weight excluding hydrogens is 306 g/mol. The Bertz CT molecular complexity index is 631. The Hall–Kier alpha value is -1.85. The largest absolute Gasteiger partial charge is 0.494 e. The van der Waals surface area contributed by atoms with Crippen molar-refractivity contribution in [3.63, 3.8) is 0 Å². The van der Waals surface area contributed by atoms with Crippen LogP contribution >= 0.6 is 0 Å². The van der Waals surface area contributed by atoms with E-state index < -0.39 is 12.9 Å². The molecule has 0 N–H and O–H groups in total. The SMILES string of the molecule is C=C/C=C(/OCc1ccc(B2OC(C)(C)C(C)(C)O2)cc1)C(=C)F. The van der Waals surface area contributed by atoms with Gasteiger partial charge < -0.3 is 14.0 Å². The molecule has 24 heavy (non-hydrogen) atoms. The highest BCUT2D eigenvalue weighted by atomic mass is 19.1. The van der Waals surface area contributed by atoms with Gasteiger partial charge in [0.1, 0.15) is 6.61 Å². The van der Waals surface area contributed by atoms with E-state index in [1.54, 1.807) is 0 Å². The Morgan fingerprint density at radius 2 is 1.71 bits per heavy atom. The maximum absolute atomic E-state index is 13.2. The van der Waals surface area contributed by atoms with Crippen molar-refractivity contribution in [3.8, 4) is 0 Å². The molecular formula is C19H24BFO3. The smallest absolute Gasteiger partial charge is 0.486 e. The molecule has 0 bridgehead atoms. The van der Waals surface area contributed by atoms with Crippen molar-refractivity contribution in [1.82, 2.24) is 0 Å². The number of allylic oxidation sites excluding steroid dienone is 3. The first-order valence-electron chi connectivity index (χ1n) is 7.91. The number of halogens is 1. The van der Waals surface area contributed by atoms with Crippen molar-refractivity contribution in [2.24, 2.45) is 0 Å². The predicted octanol–water partition coefficient (Wildman–Crippen LogP) is 4.06. The second-order valence-electron chi connectivity index (χ2n) is 6.79. The molecule has 1 aliphatic rings. The van der Waals surface area contributed by atoms with Crippen LogP contribution in [-0.2, 0) is 20.7 Å². The minimum atomic E-state index is -0.622. The van der Waals surface area contributed by atoms with Gasteiger partial charge in [-0.15, -0.1) is 0 Å². The Morgan fingerprint density at radius 1 is 1.17 bits per heavy atom. The van der Waals surface area contributed by atoms with E-state index in [0.29, 0.717) is 0 Å². The van der Waals surface area contributed by atoms with E-state index in [2.05, 4.69) is 13.2 Å². The highest BCUT2D eigenvalue weighted by Crippen LogP contribution is 2.36. The van der Waals surface area contributed by atoms with Crippen LogP contribution in [0.4, 0.5) is 4.39 Å². The number of ether oxygens (including phenoxy) is 1. The summed E-state index contributed by atoms with van der Waals surface area (Å²) in [5, 5.41) is 0. The van der Waals surface area contributed by atoms with Gasteiger partial charge in [-0.25, -0.2) is 4.39 Å². The van der Waals surface area contributed by atoms with Crippen molar-refractivity contribution in [3.05, 3.63) is 66.7 Å². The van der Waals surface area contributed by atoms with Gasteiger partial charge in [0.2, 0.25) is 0 Å². The standard InChI is InChI=1S/C19H24BFO3/c1-7-8-17(14(2)21)22-13-15-9-11-16(12-10-15)20-23-18(3,4)19(5,6)24-20/h7-12H,1-2,13H2,3-6H3/b17-8+. The van der Waals surface area contributed by atoms with E-state index in [-0.39, 0.29) is 23.6 Å². The van der Waals surface area contributed by atoms with E-state index >= 15 is 0 Å². The average molecular weight is 330 g/mol. The molecule has 1 aromatic rings. The van der Waals surface area contributed by atoms with Crippen LogP contribution in [0.5, 0.6) is 0 Å². The van der Waals surface area contributed by atoms with Crippen LogP contribution < -0.4 is 5.46 Å². The van der Waals surface area contributed by atoms with Crippen molar-refractivity contribution in [1.29, 1.82) is 0 Å². The van der Waals surface area contributed by atoms with Crippen LogP contribution in [0, 0.1) is 0 Å². The monoisotopic (exact) mass is 330 g/mol. The lowest BCUT2D eigenvalue weighted by atomic mass is 9.79. The van der Waals surface area contributed by atoms with Crippen molar-refractivity contribution < 1.29 is 18.4 Å². The third kappa shape index (κ3) is 3.97. The lowest BCUT2D eigenvalue weighted by Gasteiger charge is -2.32. The van der Waals surface area contributed by atoms with E-state index in [1.807, 2.05) is 52.0 Å². The molecule has 2 rings (SSSR count). The topological polar surface area (TPSA) is 27.7 Å². The van der Waals surface area contributed by atoms with Crippen LogP contribution in [-0.4, -0.2) is 18.3 Å². The van der Waals surface area contributed by atoms with Gasteiger partial charge in [-0.3, -0.25) is 0 Å². The fourth-order valence-corrected chi connectivity index (χ4v) is 2.24. The summed E-state index contributed by atoms with van der Waals surface area (Å²) < 4.78 is 30.6. The van der Waals surface area contributed by atoms with E-state index in [4.69, 9.17) is 14.0 Å². The first-order chi connectivity index (χ1) is 11.2. The summed E-state index contributed by atoms with van der Waals surface area (Å²) in [5.74, 6) is -0.538. The van der Waals surface area contributed by atoms with Crippen molar-refractivity contribution in [2.75, 3.05) is 0 Å². The fourth-order valence-electron chi connectivity index (χ4n) is 2.24. The molecule has 0 radical (unpaired) electrons. The maximum atomic E-state index is 13.2. The zero-order valence-electron chi connectivity index (χ0n) is 14.8. The molecule has 1 heterocycles. The molecule has 0 atom stereocenters. The van der Waals surface area contributed by atoms with Gasteiger partial charge in [0.25, 0.3) is 0 Å². The maximum Gasteiger partial charge on any atom is 0.494 e. The normalized spacial score (nSPS) is 19.2. The molecule has 1 fully saturated rings. The Kier molecular flexibility index (Phi) is 5.36. The first-order valence-corrected chi connectivity index (χ1v) is 7.91. The molecule has 1 aliphatic heterocycles. The summed E-state index contributed by atoms with van der Waals surface area (Å²) in [4.78, 5) is 0. The first kappa shape index (κ1) is 18.5. The molecule has 0 saturated carbocycles. The summed E-state index contributed by atoms with van der Waals surface area (Å²) >= 11 is 0. The lowest BCUT2D eigenvalue weighted by Crippen LogP contribution is -2.41. The van der Waals surface area contributed by atoms with E-state index in [0.717, 1.165) is 11.0 Å². The molecule has 0 amide bonds. The van der Waals surface area contributed by atoms with Gasteiger partial charge in [0.05, 0.1) is 11.2 Å². The molecule has 128 valence electrons. The minimum Gasteiger partial charge on any atom is -0.486 e. The van der Waals surface area contributed by atoms with Gasteiger partial charge >= 0.3 is 7.12 Å². The third-order valence-electron chi connectivity index (χ3n) is 4.44. The molecule has 0 spiro atoms. The van der Waals surface area contributed by atoms with Crippen LogP contribution in [0.15, 0.2) is 61.2 Å². The van der Waals surface area contributed by atoms with Gasteiger partial charge in [-0.05, 0) is 44.8 Å². The van der Waals surface area contributed by atoms with Crippen LogP contribution in [0.2, 0.25) is 0 Å².